The standard InChI is InChI=1S/C30H30F4N2O3/c1-29(2,3)20-10-6-18(7-11-20)17-39-28(38)23-14-15-24(30(32,33)34)22-5-4-16-36(26(22)23)25(27(35)37)19-8-12-21(31)13-9-19/h6-15,25H,4-5,16-17H2,1-3H3,(H2,35,37). The zero-order valence-corrected chi connectivity index (χ0v) is 21.9. The fraction of sp³-hybridized carbons (Fsp3) is 0.333. The van der Waals surface area contributed by atoms with E-state index in [1.807, 2.05) is 24.3 Å². The average Bonchev–Trinajstić information content (AvgIpc) is 2.87. The monoisotopic (exact) mass is 542 g/mol. The Morgan fingerprint density at radius 3 is 2.18 bits per heavy atom. The molecule has 3 aromatic carbocycles. The van der Waals surface area contributed by atoms with Gasteiger partial charge < -0.3 is 15.4 Å². The van der Waals surface area contributed by atoms with Gasteiger partial charge >= 0.3 is 12.1 Å². The van der Waals surface area contributed by atoms with Crippen molar-refractivity contribution in [2.75, 3.05) is 11.4 Å². The van der Waals surface area contributed by atoms with Crippen LogP contribution in [0.25, 0.3) is 0 Å². The number of primary amides is 1. The Morgan fingerprint density at radius 2 is 1.62 bits per heavy atom. The highest BCUT2D eigenvalue weighted by Gasteiger charge is 2.40. The van der Waals surface area contributed by atoms with Gasteiger partial charge in [-0.15, -0.1) is 0 Å². The molecule has 206 valence electrons. The minimum Gasteiger partial charge on any atom is -0.457 e. The number of anilines is 1. The normalized spacial score (nSPS) is 14.5. The Hall–Kier alpha value is -3.88. The molecular formula is C30H30F4N2O3. The number of esters is 1. The van der Waals surface area contributed by atoms with Crippen LogP contribution in [0.2, 0.25) is 0 Å². The molecule has 39 heavy (non-hydrogen) atoms. The first-order valence-electron chi connectivity index (χ1n) is 12.6. The van der Waals surface area contributed by atoms with Gasteiger partial charge in [0.15, 0.2) is 0 Å². The summed E-state index contributed by atoms with van der Waals surface area (Å²) in [5.74, 6) is -2.21. The molecule has 5 nitrogen and oxygen atoms in total. The second kappa shape index (κ2) is 10.7. The zero-order chi connectivity index (χ0) is 28.5. The summed E-state index contributed by atoms with van der Waals surface area (Å²) >= 11 is 0. The van der Waals surface area contributed by atoms with Gasteiger partial charge in [-0.1, -0.05) is 57.2 Å². The lowest BCUT2D eigenvalue weighted by Crippen LogP contribution is -2.42. The van der Waals surface area contributed by atoms with Gasteiger partial charge in [0.1, 0.15) is 18.5 Å². The number of amides is 1. The smallest absolute Gasteiger partial charge is 0.416 e. The SMILES string of the molecule is CC(C)(C)c1ccc(COC(=O)c2ccc(C(F)(F)F)c3c2N(C(C(N)=O)c2ccc(F)cc2)CCC3)cc1. The van der Waals surface area contributed by atoms with Crippen LogP contribution in [0.5, 0.6) is 0 Å². The first-order chi connectivity index (χ1) is 18.3. The number of carbonyl (C=O) groups excluding carboxylic acids is 2. The van der Waals surface area contributed by atoms with E-state index in [1.54, 1.807) is 0 Å². The topological polar surface area (TPSA) is 72.6 Å². The summed E-state index contributed by atoms with van der Waals surface area (Å²) in [6, 6.07) is 13.3. The summed E-state index contributed by atoms with van der Waals surface area (Å²) in [6.07, 6.45) is -4.34. The number of nitrogens with zero attached hydrogens (tertiary/aromatic N) is 1. The molecule has 0 bridgehead atoms. The van der Waals surface area contributed by atoms with Crippen molar-refractivity contribution in [1.82, 2.24) is 0 Å². The Balaban J connectivity index is 1.74. The second-order valence-corrected chi connectivity index (χ2v) is 10.7. The minimum atomic E-state index is -4.68. The van der Waals surface area contributed by atoms with Gasteiger partial charge in [0, 0.05) is 6.54 Å². The van der Waals surface area contributed by atoms with E-state index in [0.717, 1.165) is 35.4 Å². The fourth-order valence-corrected chi connectivity index (χ4v) is 4.91. The zero-order valence-electron chi connectivity index (χ0n) is 21.9. The number of fused-ring (bicyclic) bond motifs is 1. The predicted molar refractivity (Wildman–Crippen MR) is 140 cm³/mol. The first-order valence-corrected chi connectivity index (χ1v) is 12.6. The molecular weight excluding hydrogens is 512 g/mol. The van der Waals surface area contributed by atoms with Crippen LogP contribution in [0.15, 0.2) is 60.7 Å². The number of carbonyl (C=O) groups is 2. The van der Waals surface area contributed by atoms with Gasteiger partial charge in [-0.2, -0.15) is 13.2 Å². The number of nitrogens with two attached hydrogens (primary N) is 1. The maximum Gasteiger partial charge on any atom is 0.416 e. The predicted octanol–water partition coefficient (Wildman–Crippen LogP) is 6.48. The summed E-state index contributed by atoms with van der Waals surface area (Å²) in [6.45, 7) is 6.30. The largest absolute Gasteiger partial charge is 0.457 e. The molecule has 0 aromatic heterocycles. The number of rotatable bonds is 6. The molecule has 0 saturated carbocycles. The van der Waals surface area contributed by atoms with Crippen LogP contribution in [0.3, 0.4) is 0 Å². The molecule has 1 aliphatic heterocycles. The van der Waals surface area contributed by atoms with Gasteiger partial charge in [-0.3, -0.25) is 4.79 Å². The molecule has 0 spiro atoms. The minimum absolute atomic E-state index is 0.0442. The Labute approximate surface area is 224 Å². The van der Waals surface area contributed by atoms with E-state index in [-0.39, 0.29) is 41.8 Å². The molecule has 4 rings (SSSR count). The van der Waals surface area contributed by atoms with E-state index in [0.29, 0.717) is 12.0 Å². The number of benzene rings is 3. The van der Waals surface area contributed by atoms with Crippen LogP contribution < -0.4 is 10.6 Å². The second-order valence-electron chi connectivity index (χ2n) is 10.7. The molecule has 0 fully saturated rings. The Bertz CT molecular complexity index is 1360. The van der Waals surface area contributed by atoms with Crippen molar-refractivity contribution in [2.45, 2.75) is 57.9 Å². The number of alkyl halides is 3. The van der Waals surface area contributed by atoms with Crippen molar-refractivity contribution < 1.29 is 31.9 Å². The third kappa shape index (κ3) is 6.08. The van der Waals surface area contributed by atoms with E-state index in [2.05, 4.69) is 20.8 Å². The molecule has 0 aliphatic carbocycles. The van der Waals surface area contributed by atoms with Crippen molar-refractivity contribution in [3.05, 3.63) is 99.9 Å². The highest BCUT2D eigenvalue weighted by molar-refractivity contribution is 5.99. The highest BCUT2D eigenvalue weighted by atomic mass is 19.4. The first kappa shape index (κ1) is 28.1. The van der Waals surface area contributed by atoms with Crippen molar-refractivity contribution in [3.8, 4) is 0 Å². The van der Waals surface area contributed by atoms with Crippen molar-refractivity contribution in [2.24, 2.45) is 5.73 Å². The molecule has 0 radical (unpaired) electrons. The molecule has 2 N–H and O–H groups in total. The third-order valence-electron chi connectivity index (χ3n) is 6.88. The summed E-state index contributed by atoms with van der Waals surface area (Å²) in [4.78, 5) is 27.3. The highest BCUT2D eigenvalue weighted by Crippen LogP contribution is 2.44. The number of hydrogen-bond donors (Lipinski definition) is 1. The molecule has 0 saturated heterocycles. The summed E-state index contributed by atoms with van der Waals surface area (Å²) in [7, 11) is 0. The maximum absolute atomic E-state index is 14.0. The van der Waals surface area contributed by atoms with E-state index in [9.17, 15) is 27.2 Å². The van der Waals surface area contributed by atoms with Gasteiger partial charge in [0.05, 0.1) is 16.8 Å². The van der Waals surface area contributed by atoms with E-state index in [4.69, 9.17) is 10.5 Å². The molecule has 3 aromatic rings. The Kier molecular flexibility index (Phi) is 7.73. The molecule has 9 heteroatoms. The van der Waals surface area contributed by atoms with Crippen molar-refractivity contribution >= 4 is 17.6 Å². The quantitative estimate of drug-likeness (QED) is 0.286. The van der Waals surface area contributed by atoms with E-state index in [1.165, 1.54) is 17.0 Å². The van der Waals surface area contributed by atoms with Crippen LogP contribution in [0, 0.1) is 5.82 Å². The average molecular weight is 543 g/mol. The molecule has 1 unspecified atom stereocenters. The van der Waals surface area contributed by atoms with Crippen LogP contribution in [0.4, 0.5) is 23.2 Å². The molecule has 1 amide bonds. The van der Waals surface area contributed by atoms with Gasteiger partial charge in [0.25, 0.3) is 0 Å². The van der Waals surface area contributed by atoms with Crippen LogP contribution in [0.1, 0.15) is 71.4 Å². The van der Waals surface area contributed by atoms with E-state index >= 15 is 0 Å². The van der Waals surface area contributed by atoms with Crippen LogP contribution in [-0.2, 0) is 34.2 Å². The number of halogens is 4. The maximum atomic E-state index is 14.0. The third-order valence-corrected chi connectivity index (χ3v) is 6.88. The van der Waals surface area contributed by atoms with Crippen molar-refractivity contribution in [1.29, 1.82) is 0 Å². The Morgan fingerprint density at radius 1 is 0.974 bits per heavy atom. The van der Waals surface area contributed by atoms with Gasteiger partial charge in [-0.25, -0.2) is 9.18 Å². The lowest BCUT2D eigenvalue weighted by atomic mass is 9.87. The summed E-state index contributed by atoms with van der Waals surface area (Å²) in [5.41, 5.74) is 6.63. The lowest BCUT2D eigenvalue weighted by molar-refractivity contribution is -0.138. The van der Waals surface area contributed by atoms with Crippen LogP contribution in [-0.4, -0.2) is 18.4 Å². The molecule has 1 heterocycles. The van der Waals surface area contributed by atoms with E-state index < -0.39 is 35.5 Å². The number of hydrogen-bond acceptors (Lipinski definition) is 4. The molecule has 1 atom stereocenters. The molecule has 1 aliphatic rings. The summed E-state index contributed by atoms with van der Waals surface area (Å²) < 4.78 is 61.0. The van der Waals surface area contributed by atoms with Gasteiger partial charge in [-0.05, 0) is 64.8 Å². The van der Waals surface area contributed by atoms with Crippen LogP contribution >= 0.6 is 0 Å². The lowest BCUT2D eigenvalue weighted by Gasteiger charge is -2.38. The summed E-state index contributed by atoms with van der Waals surface area (Å²) in [5, 5.41) is 0. The fourth-order valence-electron chi connectivity index (χ4n) is 4.91. The van der Waals surface area contributed by atoms with Gasteiger partial charge in [0.2, 0.25) is 5.91 Å². The number of ether oxygens (including phenoxy) is 1. The van der Waals surface area contributed by atoms with Crippen molar-refractivity contribution in [3.63, 3.8) is 0 Å².